The van der Waals surface area contributed by atoms with Crippen molar-refractivity contribution in [2.75, 3.05) is 19.5 Å². The van der Waals surface area contributed by atoms with Crippen molar-refractivity contribution >= 4 is 32.5 Å². The van der Waals surface area contributed by atoms with Gasteiger partial charge in [-0.3, -0.25) is 0 Å². The van der Waals surface area contributed by atoms with E-state index in [0.717, 1.165) is 15.0 Å². The van der Waals surface area contributed by atoms with Crippen molar-refractivity contribution in [2.24, 2.45) is 0 Å². The quantitative estimate of drug-likeness (QED) is 0.913. The van der Waals surface area contributed by atoms with Gasteiger partial charge in [0.15, 0.2) is 11.5 Å². The molecule has 0 amide bonds. The summed E-state index contributed by atoms with van der Waals surface area (Å²) in [6, 6.07) is 3.92. The molecule has 1 aromatic carbocycles. The monoisotopic (exact) mass is 329 g/mol. The molecule has 1 heterocycles. The fraction of sp³-hybridized carbons (Fsp3) is 0.273. The van der Waals surface area contributed by atoms with E-state index < -0.39 is 0 Å². The molecule has 0 aliphatic carbocycles. The van der Waals surface area contributed by atoms with Crippen molar-refractivity contribution in [3.8, 4) is 11.5 Å². The van der Waals surface area contributed by atoms with Gasteiger partial charge in [-0.05, 0) is 33.6 Å². The summed E-state index contributed by atoms with van der Waals surface area (Å²) in [6.07, 6.45) is 1.69. The third-order valence-corrected chi connectivity index (χ3v) is 3.53. The van der Waals surface area contributed by atoms with Gasteiger partial charge in [0.1, 0.15) is 5.00 Å². The summed E-state index contributed by atoms with van der Waals surface area (Å²) < 4.78 is 15.2. The van der Waals surface area contributed by atoms with E-state index in [9.17, 15) is 0 Å². The molecule has 0 aliphatic rings. The zero-order chi connectivity index (χ0) is 13.0. The van der Waals surface area contributed by atoms with Gasteiger partial charge in [0, 0.05) is 18.1 Å². The molecule has 2 rings (SSSR count). The number of hydrogen-bond donors (Lipinski definition) is 1. The molecule has 96 valence electrons. The number of hydrogen-bond acceptors (Lipinski definition) is 6. The van der Waals surface area contributed by atoms with E-state index in [1.54, 1.807) is 20.4 Å². The summed E-state index contributed by atoms with van der Waals surface area (Å²) in [5.41, 5.74) is 1.08. The summed E-state index contributed by atoms with van der Waals surface area (Å²) >= 11 is 4.79. The van der Waals surface area contributed by atoms with Crippen LogP contribution in [-0.4, -0.2) is 23.8 Å². The third kappa shape index (κ3) is 2.91. The topological polar surface area (TPSA) is 56.3 Å². The van der Waals surface area contributed by atoms with E-state index in [4.69, 9.17) is 9.47 Å². The molecule has 0 fully saturated rings. The van der Waals surface area contributed by atoms with Crippen LogP contribution in [-0.2, 0) is 6.54 Å². The van der Waals surface area contributed by atoms with E-state index in [1.165, 1.54) is 11.5 Å². The first-order valence-electron chi connectivity index (χ1n) is 5.16. The van der Waals surface area contributed by atoms with E-state index in [2.05, 4.69) is 30.8 Å². The molecular weight excluding hydrogens is 318 g/mol. The van der Waals surface area contributed by atoms with Gasteiger partial charge < -0.3 is 14.8 Å². The maximum absolute atomic E-state index is 5.29. The van der Waals surface area contributed by atoms with Crippen molar-refractivity contribution in [2.45, 2.75) is 6.54 Å². The van der Waals surface area contributed by atoms with Crippen molar-refractivity contribution in [1.82, 2.24) is 9.59 Å². The number of ether oxygens (including phenoxy) is 2. The Morgan fingerprint density at radius 3 is 2.78 bits per heavy atom. The predicted molar refractivity (Wildman–Crippen MR) is 74.5 cm³/mol. The van der Waals surface area contributed by atoms with Gasteiger partial charge >= 0.3 is 0 Å². The van der Waals surface area contributed by atoms with Gasteiger partial charge in [-0.15, -0.1) is 5.10 Å². The summed E-state index contributed by atoms with van der Waals surface area (Å²) in [5, 5.41) is 7.93. The highest BCUT2D eigenvalue weighted by atomic mass is 79.9. The van der Waals surface area contributed by atoms with Crippen LogP contribution in [0.25, 0.3) is 0 Å². The minimum Gasteiger partial charge on any atom is -0.493 e. The Morgan fingerprint density at radius 2 is 2.17 bits per heavy atom. The Bertz CT molecular complexity index is 519. The predicted octanol–water partition coefficient (Wildman–Crippen LogP) is 2.93. The zero-order valence-electron chi connectivity index (χ0n) is 9.94. The molecule has 0 saturated heterocycles. The molecular formula is C11H12BrN3O2S. The minimum absolute atomic E-state index is 0.669. The number of methoxy groups -OCH3 is 2. The lowest BCUT2D eigenvalue weighted by atomic mass is 10.2. The maximum Gasteiger partial charge on any atom is 0.174 e. The normalized spacial score (nSPS) is 10.2. The van der Waals surface area contributed by atoms with E-state index in [-0.39, 0.29) is 0 Å². The van der Waals surface area contributed by atoms with Crippen molar-refractivity contribution in [1.29, 1.82) is 0 Å². The number of halogens is 1. The molecule has 7 heteroatoms. The van der Waals surface area contributed by atoms with Gasteiger partial charge in [0.2, 0.25) is 0 Å². The van der Waals surface area contributed by atoms with Crippen molar-refractivity contribution < 1.29 is 9.47 Å². The van der Waals surface area contributed by atoms with Crippen LogP contribution in [0.5, 0.6) is 11.5 Å². The molecule has 0 spiro atoms. The van der Waals surface area contributed by atoms with Crippen LogP contribution in [0.1, 0.15) is 5.56 Å². The Kier molecular flexibility index (Phi) is 4.38. The summed E-state index contributed by atoms with van der Waals surface area (Å²) in [7, 11) is 3.23. The van der Waals surface area contributed by atoms with Crippen LogP contribution in [0.2, 0.25) is 0 Å². The van der Waals surface area contributed by atoms with Crippen LogP contribution >= 0.6 is 27.5 Å². The van der Waals surface area contributed by atoms with Crippen LogP contribution in [0.3, 0.4) is 0 Å². The Labute approximate surface area is 117 Å². The molecule has 0 unspecified atom stereocenters. The number of nitrogens with zero attached hydrogens (tertiary/aromatic N) is 2. The highest BCUT2D eigenvalue weighted by molar-refractivity contribution is 9.10. The second-order valence-electron chi connectivity index (χ2n) is 3.45. The second kappa shape index (κ2) is 6.01. The molecule has 0 radical (unpaired) electrons. The second-order valence-corrected chi connectivity index (χ2v) is 5.09. The number of aromatic nitrogens is 2. The lowest BCUT2D eigenvalue weighted by Gasteiger charge is -2.12. The average Bonchev–Trinajstić information content (AvgIpc) is 2.88. The van der Waals surface area contributed by atoms with Crippen LogP contribution in [0.15, 0.2) is 22.8 Å². The Morgan fingerprint density at radius 1 is 1.33 bits per heavy atom. The van der Waals surface area contributed by atoms with Crippen LogP contribution in [0.4, 0.5) is 5.00 Å². The highest BCUT2D eigenvalue weighted by Gasteiger charge is 2.10. The lowest BCUT2D eigenvalue weighted by molar-refractivity contribution is 0.352. The molecule has 1 aromatic heterocycles. The molecule has 0 saturated carbocycles. The fourth-order valence-electron chi connectivity index (χ4n) is 1.51. The van der Waals surface area contributed by atoms with Gasteiger partial charge in [-0.1, -0.05) is 4.49 Å². The van der Waals surface area contributed by atoms with Gasteiger partial charge in [0.05, 0.1) is 24.9 Å². The van der Waals surface area contributed by atoms with E-state index in [1.807, 2.05) is 12.1 Å². The number of benzene rings is 1. The average molecular weight is 330 g/mol. The largest absolute Gasteiger partial charge is 0.493 e. The van der Waals surface area contributed by atoms with Crippen LogP contribution in [0, 0.1) is 0 Å². The molecule has 18 heavy (non-hydrogen) atoms. The van der Waals surface area contributed by atoms with Crippen molar-refractivity contribution in [3.05, 3.63) is 28.4 Å². The lowest BCUT2D eigenvalue weighted by Crippen LogP contribution is -2.00. The Balaban J connectivity index is 2.16. The Hall–Kier alpha value is -1.34. The minimum atomic E-state index is 0.669. The summed E-state index contributed by atoms with van der Waals surface area (Å²) in [5.74, 6) is 1.40. The summed E-state index contributed by atoms with van der Waals surface area (Å²) in [6.45, 7) is 0.669. The maximum atomic E-state index is 5.29. The molecule has 0 aliphatic heterocycles. The van der Waals surface area contributed by atoms with Gasteiger partial charge in [-0.25, -0.2) is 0 Å². The first-order chi connectivity index (χ1) is 8.74. The highest BCUT2D eigenvalue weighted by Crippen LogP contribution is 2.36. The standard InChI is InChI=1S/C11H12BrN3O2S/c1-16-9-4-7(3-8(12)11(9)17-2)5-13-10-6-14-15-18-10/h3-4,6,13H,5H2,1-2H3. The SMILES string of the molecule is COc1cc(CNc2cnns2)cc(Br)c1OC. The van der Waals surface area contributed by atoms with E-state index >= 15 is 0 Å². The molecule has 0 atom stereocenters. The summed E-state index contributed by atoms with van der Waals surface area (Å²) in [4.78, 5) is 0. The number of nitrogens with one attached hydrogen (secondary N) is 1. The number of anilines is 1. The zero-order valence-corrected chi connectivity index (χ0v) is 12.3. The first-order valence-corrected chi connectivity index (χ1v) is 6.73. The first kappa shape index (κ1) is 13.1. The molecule has 0 bridgehead atoms. The number of rotatable bonds is 5. The van der Waals surface area contributed by atoms with Crippen molar-refractivity contribution in [3.63, 3.8) is 0 Å². The molecule has 2 aromatic rings. The molecule has 5 nitrogen and oxygen atoms in total. The molecule has 1 N–H and O–H groups in total. The van der Waals surface area contributed by atoms with Gasteiger partial charge in [-0.2, -0.15) is 0 Å². The van der Waals surface area contributed by atoms with Gasteiger partial charge in [0.25, 0.3) is 0 Å². The smallest absolute Gasteiger partial charge is 0.174 e. The third-order valence-electron chi connectivity index (χ3n) is 2.32. The van der Waals surface area contributed by atoms with Crippen LogP contribution < -0.4 is 14.8 Å². The fourth-order valence-corrected chi connectivity index (χ4v) is 2.57. The van der Waals surface area contributed by atoms with E-state index in [0.29, 0.717) is 18.0 Å².